The van der Waals surface area contributed by atoms with E-state index in [0.717, 1.165) is 54.5 Å². The maximum Gasteiger partial charge on any atom is 0.329 e. The lowest BCUT2D eigenvalue weighted by molar-refractivity contribution is -0.145. The van der Waals surface area contributed by atoms with Crippen LogP contribution < -0.4 is 10.1 Å². The van der Waals surface area contributed by atoms with Crippen molar-refractivity contribution >= 4 is 23.5 Å². The number of aliphatic carboxylic acids is 1. The third-order valence-electron chi connectivity index (χ3n) is 7.42. The third-order valence-corrected chi connectivity index (χ3v) is 7.73. The maximum atomic E-state index is 13.5. The SMILES string of the molecule is COCc1ccccc1-c1ccc(C(=O)NC2(C(=O)O)CCCCC2)nc1-c1ccc(Cl)c(OCCCN(C)C)c1. The van der Waals surface area contributed by atoms with Gasteiger partial charge in [0, 0.05) is 24.8 Å². The van der Waals surface area contributed by atoms with Crippen LogP contribution in [0.15, 0.2) is 54.6 Å². The van der Waals surface area contributed by atoms with E-state index < -0.39 is 17.4 Å². The number of hydrogen-bond acceptors (Lipinski definition) is 6. The molecule has 1 saturated carbocycles. The van der Waals surface area contributed by atoms with Crippen molar-refractivity contribution in [3.63, 3.8) is 0 Å². The summed E-state index contributed by atoms with van der Waals surface area (Å²) in [4.78, 5) is 32.6. The van der Waals surface area contributed by atoms with Gasteiger partial charge >= 0.3 is 5.97 Å². The number of benzene rings is 2. The average molecular weight is 580 g/mol. The van der Waals surface area contributed by atoms with Gasteiger partial charge in [0.05, 0.1) is 23.9 Å². The summed E-state index contributed by atoms with van der Waals surface area (Å²) < 4.78 is 11.5. The van der Waals surface area contributed by atoms with Crippen LogP contribution in [0.3, 0.4) is 0 Å². The highest BCUT2D eigenvalue weighted by Gasteiger charge is 2.41. The van der Waals surface area contributed by atoms with Crippen molar-refractivity contribution in [1.29, 1.82) is 0 Å². The number of halogens is 1. The molecule has 1 aromatic heterocycles. The number of nitrogens with zero attached hydrogens (tertiary/aromatic N) is 2. The minimum absolute atomic E-state index is 0.141. The molecule has 1 fully saturated rings. The third kappa shape index (κ3) is 7.44. The van der Waals surface area contributed by atoms with Crippen molar-refractivity contribution < 1.29 is 24.2 Å². The Hall–Kier alpha value is -3.46. The van der Waals surface area contributed by atoms with Crippen LogP contribution in [-0.4, -0.2) is 66.8 Å². The number of pyridine rings is 1. The van der Waals surface area contributed by atoms with Gasteiger partial charge in [-0.15, -0.1) is 0 Å². The van der Waals surface area contributed by atoms with Crippen LogP contribution in [0.4, 0.5) is 0 Å². The van der Waals surface area contributed by atoms with Crippen molar-refractivity contribution in [3.05, 3.63) is 70.9 Å². The number of hydrogen-bond donors (Lipinski definition) is 2. The molecule has 1 heterocycles. The van der Waals surface area contributed by atoms with E-state index in [1.807, 2.05) is 56.6 Å². The molecule has 1 amide bonds. The van der Waals surface area contributed by atoms with E-state index in [-0.39, 0.29) is 5.69 Å². The normalized spacial score (nSPS) is 14.6. The Balaban J connectivity index is 1.76. The summed E-state index contributed by atoms with van der Waals surface area (Å²) in [5.41, 5.74) is 2.83. The van der Waals surface area contributed by atoms with Crippen LogP contribution in [0.1, 0.15) is 54.6 Å². The van der Waals surface area contributed by atoms with Gasteiger partial charge in [0.25, 0.3) is 5.91 Å². The van der Waals surface area contributed by atoms with Gasteiger partial charge in [-0.05, 0) is 68.8 Å². The van der Waals surface area contributed by atoms with E-state index in [1.165, 1.54) is 0 Å². The molecule has 0 aliphatic heterocycles. The first-order valence-electron chi connectivity index (χ1n) is 14.0. The summed E-state index contributed by atoms with van der Waals surface area (Å²) >= 11 is 6.49. The van der Waals surface area contributed by atoms with Crippen LogP contribution in [0.25, 0.3) is 22.4 Å². The summed E-state index contributed by atoms with van der Waals surface area (Å²) in [5, 5.41) is 13.3. The number of rotatable bonds is 12. The number of methoxy groups -OCH3 is 1. The minimum atomic E-state index is -1.28. The van der Waals surface area contributed by atoms with Gasteiger partial charge in [0.2, 0.25) is 0 Å². The van der Waals surface area contributed by atoms with E-state index in [2.05, 4.69) is 10.2 Å². The Labute approximate surface area is 246 Å². The van der Waals surface area contributed by atoms with E-state index in [4.69, 9.17) is 26.1 Å². The van der Waals surface area contributed by atoms with Crippen LogP contribution in [0, 0.1) is 0 Å². The number of carbonyl (C=O) groups excluding carboxylic acids is 1. The second kappa shape index (κ2) is 13.9. The zero-order chi connectivity index (χ0) is 29.4. The molecule has 3 aromatic rings. The fourth-order valence-corrected chi connectivity index (χ4v) is 5.41. The van der Waals surface area contributed by atoms with Crippen LogP contribution in [0.2, 0.25) is 5.02 Å². The van der Waals surface area contributed by atoms with Crippen LogP contribution in [0.5, 0.6) is 5.75 Å². The van der Waals surface area contributed by atoms with E-state index in [9.17, 15) is 14.7 Å². The monoisotopic (exact) mass is 579 g/mol. The molecule has 1 aliphatic rings. The Morgan fingerprint density at radius 2 is 1.80 bits per heavy atom. The Morgan fingerprint density at radius 1 is 1.05 bits per heavy atom. The van der Waals surface area contributed by atoms with Gasteiger partial charge in [0.1, 0.15) is 17.0 Å². The highest BCUT2D eigenvalue weighted by molar-refractivity contribution is 6.32. The quantitative estimate of drug-likeness (QED) is 0.251. The molecule has 0 atom stereocenters. The van der Waals surface area contributed by atoms with Gasteiger partial charge < -0.3 is 24.8 Å². The number of nitrogens with one attached hydrogen (secondary N) is 1. The Kier molecular flexibility index (Phi) is 10.4. The number of carboxylic acid groups (broad SMARTS) is 1. The highest BCUT2D eigenvalue weighted by atomic mass is 35.5. The molecular weight excluding hydrogens is 542 g/mol. The summed E-state index contributed by atoms with van der Waals surface area (Å²) in [6, 6.07) is 16.8. The zero-order valence-corrected chi connectivity index (χ0v) is 24.7. The van der Waals surface area contributed by atoms with Crippen molar-refractivity contribution in [1.82, 2.24) is 15.2 Å². The highest BCUT2D eigenvalue weighted by Crippen LogP contribution is 2.37. The molecule has 2 aromatic carbocycles. The van der Waals surface area contributed by atoms with Gasteiger partial charge in [-0.2, -0.15) is 0 Å². The van der Waals surface area contributed by atoms with Crippen molar-refractivity contribution in [2.45, 2.75) is 50.7 Å². The Morgan fingerprint density at radius 3 is 2.51 bits per heavy atom. The number of carbonyl (C=O) groups is 2. The lowest BCUT2D eigenvalue weighted by Gasteiger charge is -2.33. The lowest BCUT2D eigenvalue weighted by atomic mass is 9.81. The minimum Gasteiger partial charge on any atom is -0.492 e. The summed E-state index contributed by atoms with van der Waals surface area (Å²) in [6.07, 6.45) is 4.09. The first-order valence-corrected chi connectivity index (χ1v) is 14.3. The first kappa shape index (κ1) is 30.5. The van der Waals surface area contributed by atoms with Gasteiger partial charge in [-0.1, -0.05) is 61.2 Å². The molecule has 0 bridgehead atoms. The predicted molar refractivity (Wildman–Crippen MR) is 160 cm³/mol. The molecule has 8 nitrogen and oxygen atoms in total. The standard InChI is InChI=1S/C32H38ClN3O5/c1-36(2)18-9-19-41-28-20-22(12-14-26(28)33)29-25(24-11-6-5-10-23(24)21-40-3)13-15-27(34-29)30(37)35-32(31(38)39)16-7-4-8-17-32/h5-6,10-15,20H,4,7-9,16-19,21H2,1-3H3,(H,35,37)(H,38,39). The predicted octanol–water partition coefficient (Wildman–Crippen LogP) is 6.06. The molecule has 4 rings (SSSR count). The zero-order valence-electron chi connectivity index (χ0n) is 23.9. The number of carboxylic acids is 1. The fourth-order valence-electron chi connectivity index (χ4n) is 5.24. The molecule has 218 valence electrons. The molecule has 9 heteroatoms. The van der Waals surface area contributed by atoms with E-state index in [1.54, 1.807) is 19.2 Å². The van der Waals surface area contributed by atoms with Gasteiger partial charge in [0.15, 0.2) is 0 Å². The summed E-state index contributed by atoms with van der Waals surface area (Å²) in [7, 11) is 5.67. The topological polar surface area (TPSA) is 101 Å². The molecule has 0 radical (unpaired) electrons. The second-order valence-electron chi connectivity index (χ2n) is 10.7. The van der Waals surface area contributed by atoms with Crippen molar-refractivity contribution in [2.24, 2.45) is 0 Å². The molecule has 0 spiro atoms. The maximum absolute atomic E-state index is 13.5. The molecule has 0 unspecified atom stereocenters. The molecule has 2 N–H and O–H groups in total. The fraction of sp³-hybridized carbons (Fsp3) is 0.406. The number of aromatic nitrogens is 1. The number of amides is 1. The summed E-state index contributed by atoms with van der Waals surface area (Å²) in [5.74, 6) is -0.992. The lowest BCUT2D eigenvalue weighted by Crippen LogP contribution is -2.55. The molecule has 0 saturated heterocycles. The largest absolute Gasteiger partial charge is 0.492 e. The smallest absolute Gasteiger partial charge is 0.329 e. The Bertz CT molecular complexity index is 1370. The van der Waals surface area contributed by atoms with Crippen LogP contribution in [-0.2, 0) is 16.1 Å². The van der Waals surface area contributed by atoms with E-state index in [0.29, 0.717) is 42.5 Å². The molecular formula is C32H38ClN3O5. The second-order valence-corrected chi connectivity index (χ2v) is 11.1. The van der Waals surface area contributed by atoms with Crippen LogP contribution >= 0.6 is 11.6 Å². The van der Waals surface area contributed by atoms with E-state index >= 15 is 0 Å². The van der Waals surface area contributed by atoms with Gasteiger partial charge in [-0.25, -0.2) is 9.78 Å². The number of ether oxygens (including phenoxy) is 2. The molecule has 41 heavy (non-hydrogen) atoms. The van der Waals surface area contributed by atoms with Crippen molar-refractivity contribution in [3.8, 4) is 28.1 Å². The average Bonchev–Trinajstić information content (AvgIpc) is 2.96. The summed E-state index contributed by atoms with van der Waals surface area (Å²) in [6.45, 7) is 1.78. The first-order chi connectivity index (χ1) is 19.7. The molecule has 1 aliphatic carbocycles. The van der Waals surface area contributed by atoms with Crippen molar-refractivity contribution in [2.75, 3.05) is 34.4 Å². The van der Waals surface area contributed by atoms with Gasteiger partial charge in [-0.3, -0.25) is 4.79 Å².